The first-order chi connectivity index (χ1) is 67.5. The van der Waals surface area contributed by atoms with Gasteiger partial charge < -0.3 is 80.9 Å². The summed E-state index contributed by atoms with van der Waals surface area (Å²) in [6.45, 7) is 80.2. The van der Waals surface area contributed by atoms with Gasteiger partial charge in [-0.25, -0.2) is 33.6 Å². The third-order valence-corrected chi connectivity index (χ3v) is 34.2. The van der Waals surface area contributed by atoms with Crippen LogP contribution in [-0.2, 0) is 71.1 Å². The summed E-state index contributed by atoms with van der Waals surface area (Å²) in [5, 5.41) is 0. The van der Waals surface area contributed by atoms with Crippen LogP contribution in [0.1, 0.15) is 317 Å². The standard InChI is InChI=1S/2C15H25NO3.3C15H27NO3.2C14H25NO3.C11H21NO/c2*1-10(2)13-11-6-16(7-12(13)9-18-8-11)14(17)19-15(3)4-5-15;3*1-10(2)11-6-12-8-18-9-13(7-11)16(12)14(17)19-15(3,4)5;2*1-9(2)11-5-12-7-17-8-13(6-11)15(12)14(16)18-10(3)4;1-8(2)9-4-10-6-13-7-11(5-9)12(10)3/h2*10-13H,4-9H2,1-3H3;3*10-13H,6-9H2,1-5H3;2*9-13H,5-8H2,1-4H3;8-11H,4-7H2,1-3H3. The molecule has 0 aromatic carbocycles. The van der Waals surface area contributed by atoms with Crippen LogP contribution in [0.4, 0.5) is 33.6 Å². The molecule has 16 unspecified atom stereocenters. The first kappa shape index (κ1) is 119. The predicted octanol–water partition coefficient (Wildman–Crippen LogP) is 21.3. The zero-order chi connectivity index (χ0) is 106. The Morgan fingerprint density at radius 1 is 0.250 bits per heavy atom. The molecule has 830 valence electrons. The number of piperidine rings is 8. The van der Waals surface area contributed by atoms with Crippen LogP contribution >= 0.6 is 0 Å². The van der Waals surface area contributed by atoms with E-state index in [2.05, 4.69) is 123 Å². The molecule has 144 heavy (non-hydrogen) atoms. The Kier molecular flexibility index (Phi) is 42.7. The average molecular weight is 2040 g/mol. The van der Waals surface area contributed by atoms with E-state index in [1.807, 2.05) is 138 Å². The van der Waals surface area contributed by atoms with Gasteiger partial charge >= 0.3 is 42.7 Å². The van der Waals surface area contributed by atoms with E-state index in [-0.39, 0.29) is 126 Å². The van der Waals surface area contributed by atoms with Gasteiger partial charge in [0.15, 0.2) is 0 Å². The lowest BCUT2D eigenvalue weighted by molar-refractivity contribution is -0.0951. The Morgan fingerprint density at radius 2 is 0.424 bits per heavy atom. The number of hydrogen-bond acceptors (Lipinski definition) is 23. The molecule has 7 amide bonds. The van der Waals surface area contributed by atoms with E-state index >= 15 is 0 Å². The quantitative estimate of drug-likeness (QED) is 0.164. The monoisotopic (exact) mass is 2040 g/mol. The Hall–Kier alpha value is -5.47. The molecule has 18 rings (SSSR count). The molecule has 16 aliphatic heterocycles. The molecule has 16 atom stereocenters. The van der Waals surface area contributed by atoms with Crippen LogP contribution in [-0.4, -0.2) is 334 Å². The second-order valence-electron chi connectivity index (χ2n) is 53.1. The van der Waals surface area contributed by atoms with Crippen molar-refractivity contribution in [2.24, 2.45) is 118 Å². The maximum Gasteiger partial charge on any atom is 0.410 e. The van der Waals surface area contributed by atoms with Crippen molar-refractivity contribution in [3.63, 3.8) is 0 Å². The maximum atomic E-state index is 12.4. The summed E-state index contributed by atoms with van der Waals surface area (Å²) in [6.07, 6.45) is 15.9. The van der Waals surface area contributed by atoms with E-state index in [9.17, 15) is 33.6 Å². The molecule has 30 heteroatoms. The molecular weight excluding hydrogens is 1830 g/mol. The van der Waals surface area contributed by atoms with Crippen LogP contribution in [0.25, 0.3) is 0 Å². The van der Waals surface area contributed by atoms with Crippen LogP contribution in [0.5, 0.6) is 0 Å². The fourth-order valence-electron chi connectivity index (χ4n) is 25.7. The summed E-state index contributed by atoms with van der Waals surface area (Å²) in [7, 11) is 2.26. The van der Waals surface area contributed by atoms with Crippen molar-refractivity contribution in [1.29, 1.82) is 0 Å². The number of likely N-dealkylation sites (N-methyl/N-ethyl adjacent to an activating group) is 1. The smallest absolute Gasteiger partial charge is 0.410 e. The molecule has 16 heterocycles. The molecule has 30 nitrogen and oxygen atoms in total. The summed E-state index contributed by atoms with van der Waals surface area (Å²) in [5.41, 5.74) is -1.63. The van der Waals surface area contributed by atoms with Gasteiger partial charge in [-0.05, 0) is 308 Å². The van der Waals surface area contributed by atoms with Crippen molar-refractivity contribution in [2.75, 3.05) is 139 Å². The molecule has 0 aromatic rings. The lowest BCUT2D eigenvalue weighted by Crippen LogP contribution is -2.60. The number of carbonyl (C=O) groups excluding carboxylic acids is 7. The largest absolute Gasteiger partial charge is 0.447 e. The first-order valence-corrected chi connectivity index (χ1v) is 56.8. The van der Waals surface area contributed by atoms with E-state index in [0.29, 0.717) is 185 Å². The highest BCUT2D eigenvalue weighted by Crippen LogP contribution is 2.48. The van der Waals surface area contributed by atoms with Crippen LogP contribution in [0.3, 0.4) is 0 Å². The predicted molar refractivity (Wildman–Crippen MR) is 558 cm³/mol. The molecule has 18 fully saturated rings. The Bertz CT molecular complexity index is 3610. The van der Waals surface area contributed by atoms with Crippen molar-refractivity contribution in [1.82, 2.24) is 39.2 Å². The highest BCUT2D eigenvalue weighted by atomic mass is 16.6. The number of nitrogens with zero attached hydrogens (tertiary/aromatic N) is 8. The van der Waals surface area contributed by atoms with Crippen molar-refractivity contribution in [2.45, 2.75) is 430 Å². The number of morpholine rings is 6. The van der Waals surface area contributed by atoms with Gasteiger partial charge in [0, 0.05) is 61.9 Å². The minimum atomic E-state index is -0.429. The normalized spacial score (nSPS) is 33.7. The molecule has 0 radical (unpaired) electrons. The van der Waals surface area contributed by atoms with E-state index < -0.39 is 16.8 Å². The van der Waals surface area contributed by atoms with E-state index in [1.54, 1.807) is 0 Å². The third kappa shape index (κ3) is 33.5. The van der Waals surface area contributed by atoms with E-state index in [0.717, 1.165) is 168 Å². The zero-order valence-electron chi connectivity index (χ0n) is 95.6. The molecule has 2 aliphatic carbocycles. The van der Waals surface area contributed by atoms with Crippen molar-refractivity contribution >= 4 is 42.7 Å². The first-order valence-electron chi connectivity index (χ1n) is 56.8. The zero-order valence-corrected chi connectivity index (χ0v) is 95.6. The SMILES string of the molecule is CC(C)C1C2COCC1CN(C(=O)OC1(C)CC1)C2.CC(C)C1C2COCC1CN(C(=O)OC1(C)CC1)C2.CC(C)C1CC2COCC(C1)N2C.CC(C)C1CC2COCC(C1)N2C(=O)OC(C)(C)C.CC(C)C1CC2COCC(C1)N2C(=O)OC(C)(C)C.CC(C)C1CC2COCC(C1)N2C(=O)OC(C)(C)C.CC(C)OC(=O)N1C2COCC1CC(C(C)C)C2.CC(C)OC(=O)N1C2COCC1CC(C(C)C)C2. The van der Waals surface area contributed by atoms with Gasteiger partial charge in [-0.2, -0.15) is 0 Å². The Morgan fingerprint density at radius 3 is 0.590 bits per heavy atom. The summed E-state index contributed by atoms with van der Waals surface area (Å²) in [5.74, 6) is 13.2. The van der Waals surface area contributed by atoms with Gasteiger partial charge in [-0.3, -0.25) is 29.4 Å². The number of ether oxygens (including phenoxy) is 15. The van der Waals surface area contributed by atoms with Gasteiger partial charge in [0.2, 0.25) is 0 Å². The number of fused-ring (bicyclic) bond motifs is 16. The van der Waals surface area contributed by atoms with Gasteiger partial charge in [0.05, 0.1) is 178 Å². The van der Waals surface area contributed by atoms with Crippen LogP contribution in [0.15, 0.2) is 0 Å². The number of rotatable bonds is 12. The van der Waals surface area contributed by atoms with Crippen LogP contribution in [0.2, 0.25) is 0 Å². The minimum absolute atomic E-state index is 0.0537. The number of amides is 7. The van der Waals surface area contributed by atoms with E-state index in [1.165, 1.54) is 12.8 Å². The topological polar surface area (TPSA) is 284 Å². The Labute approximate surface area is 869 Å². The lowest BCUT2D eigenvalue weighted by atomic mass is 9.71. The summed E-state index contributed by atoms with van der Waals surface area (Å²) < 4.78 is 83.5. The third-order valence-electron chi connectivity index (χ3n) is 34.2. The van der Waals surface area contributed by atoms with Crippen molar-refractivity contribution < 1.29 is 105 Å². The summed E-state index contributed by atoms with van der Waals surface area (Å²) >= 11 is 0. The second-order valence-corrected chi connectivity index (χ2v) is 53.1. The van der Waals surface area contributed by atoms with Gasteiger partial charge in [0.1, 0.15) is 28.0 Å². The van der Waals surface area contributed by atoms with Crippen molar-refractivity contribution in [3.8, 4) is 0 Å². The van der Waals surface area contributed by atoms with Gasteiger partial charge in [-0.1, -0.05) is 111 Å². The average Bonchev–Trinajstić information content (AvgIpc) is 1.42. The number of likely N-dealkylation sites (tertiary alicyclic amines) is 2. The maximum absolute atomic E-state index is 12.4. The minimum Gasteiger partial charge on any atom is -0.447 e. The molecule has 16 bridgehead atoms. The van der Waals surface area contributed by atoms with E-state index in [4.69, 9.17) is 71.1 Å². The highest BCUT2D eigenvalue weighted by molar-refractivity contribution is 5.72. The van der Waals surface area contributed by atoms with Gasteiger partial charge in [0.25, 0.3) is 0 Å². The second kappa shape index (κ2) is 51.8. The molecule has 18 aliphatic rings. The molecule has 0 aromatic heterocycles. The molecular formula is C114H202N8O22. The summed E-state index contributed by atoms with van der Waals surface area (Å²) in [4.78, 5) is 102. The van der Waals surface area contributed by atoms with Crippen molar-refractivity contribution in [3.05, 3.63) is 0 Å². The summed E-state index contributed by atoms with van der Waals surface area (Å²) in [6, 6.07) is 3.35. The molecule has 0 spiro atoms. The molecule has 2 saturated carbocycles. The number of hydrogen-bond donors (Lipinski definition) is 0. The Balaban J connectivity index is 0.000000157. The van der Waals surface area contributed by atoms with Crippen LogP contribution < -0.4 is 0 Å². The fourth-order valence-corrected chi connectivity index (χ4v) is 25.7. The fraction of sp³-hybridized carbons (Fsp3) is 0.939. The van der Waals surface area contributed by atoms with Gasteiger partial charge in [-0.15, -0.1) is 0 Å². The number of carbonyl (C=O) groups is 7. The molecule has 16 saturated heterocycles. The highest BCUT2D eigenvalue weighted by Gasteiger charge is 2.54. The molecule has 0 N–H and O–H groups in total. The lowest BCUT2D eigenvalue weighted by Gasteiger charge is -2.49. The van der Waals surface area contributed by atoms with Crippen LogP contribution in [0, 0.1) is 118 Å².